The third kappa shape index (κ3) is 2.95. The summed E-state index contributed by atoms with van der Waals surface area (Å²) in [5.41, 5.74) is 1.12. The van der Waals surface area contributed by atoms with Crippen molar-refractivity contribution >= 4 is 0 Å². The third-order valence-electron chi connectivity index (χ3n) is 2.64. The van der Waals surface area contributed by atoms with Gasteiger partial charge in [-0.2, -0.15) is 0 Å². The van der Waals surface area contributed by atoms with Gasteiger partial charge in [-0.25, -0.2) is 0 Å². The molecule has 0 N–H and O–H groups in total. The summed E-state index contributed by atoms with van der Waals surface area (Å²) in [6.45, 7) is 0.924. The van der Waals surface area contributed by atoms with Crippen LogP contribution in [-0.4, -0.2) is 23.6 Å². The average Bonchev–Trinajstić information content (AvgIpc) is 2.73. The predicted octanol–water partition coefficient (Wildman–Crippen LogP) is 2.44. The fourth-order valence-electron chi connectivity index (χ4n) is 1.69. The molecule has 1 heterocycles. The van der Waals surface area contributed by atoms with E-state index in [4.69, 9.17) is 4.74 Å². The number of hydrogen-bond acceptors (Lipinski definition) is 5. The van der Waals surface area contributed by atoms with E-state index in [-0.39, 0.29) is 0 Å². The van der Waals surface area contributed by atoms with Crippen molar-refractivity contribution in [3.8, 4) is 0 Å². The van der Waals surface area contributed by atoms with Crippen LogP contribution >= 0.6 is 0 Å². The molecule has 0 aromatic heterocycles. The van der Waals surface area contributed by atoms with Crippen LogP contribution in [0, 0.1) is 4.91 Å². The first kappa shape index (κ1) is 12.3. The molecule has 0 radical (unpaired) electrons. The van der Waals surface area contributed by atoms with Gasteiger partial charge >= 0.3 is 0 Å². The molecule has 1 aromatic rings. The Morgan fingerprint density at radius 1 is 1.28 bits per heavy atom. The maximum absolute atomic E-state index is 10.3. The lowest BCUT2D eigenvalue weighted by Crippen LogP contribution is -2.22. The van der Waals surface area contributed by atoms with E-state index in [0.717, 1.165) is 5.56 Å². The van der Waals surface area contributed by atoms with Gasteiger partial charge in [0, 0.05) is 19.4 Å². The number of rotatable bonds is 5. The van der Waals surface area contributed by atoms with Gasteiger partial charge in [-0.05, 0) is 10.7 Å². The molecule has 0 spiro atoms. The minimum Gasteiger partial charge on any atom is -0.356 e. The van der Waals surface area contributed by atoms with Crippen molar-refractivity contribution < 1.29 is 4.74 Å². The number of benzene rings is 1. The lowest BCUT2D eigenvalue weighted by atomic mass is 10.2. The van der Waals surface area contributed by atoms with Gasteiger partial charge in [0.25, 0.3) is 0 Å². The Balaban J connectivity index is 1.85. The second kappa shape index (κ2) is 5.97. The summed E-state index contributed by atoms with van der Waals surface area (Å²) >= 11 is 0. The van der Waals surface area contributed by atoms with Gasteiger partial charge < -0.3 is 14.5 Å². The van der Waals surface area contributed by atoms with Crippen molar-refractivity contribution in [3.05, 3.63) is 65.2 Å². The lowest BCUT2D eigenvalue weighted by molar-refractivity contribution is 0.0540. The normalized spacial score (nSPS) is 16.6. The number of nitrogens with zero attached hydrogens (tertiary/aromatic N) is 3. The molecule has 94 valence electrons. The van der Waals surface area contributed by atoms with E-state index in [0.29, 0.717) is 19.2 Å². The minimum absolute atomic E-state index is 0.386. The summed E-state index contributed by atoms with van der Waals surface area (Å²) in [4.78, 5) is 13.9. The number of ether oxygens (including phenoxy) is 1. The van der Waals surface area contributed by atoms with E-state index in [1.807, 2.05) is 59.6 Å². The molecule has 1 aliphatic heterocycles. The maximum Gasteiger partial charge on any atom is 0.136 e. The Labute approximate surface area is 106 Å². The van der Waals surface area contributed by atoms with Gasteiger partial charge in [0.15, 0.2) is 0 Å². The van der Waals surface area contributed by atoms with E-state index in [2.05, 4.69) is 5.18 Å². The molecule has 0 atom stereocenters. The number of hydrogen-bond donors (Lipinski definition) is 0. The van der Waals surface area contributed by atoms with E-state index >= 15 is 0 Å². The summed E-state index contributed by atoms with van der Waals surface area (Å²) in [6.07, 6.45) is 4.97. The van der Waals surface area contributed by atoms with Crippen molar-refractivity contribution in [2.24, 2.45) is 5.18 Å². The predicted molar refractivity (Wildman–Crippen MR) is 68.7 cm³/mol. The summed E-state index contributed by atoms with van der Waals surface area (Å²) in [5.74, 6) is 0.707. The van der Waals surface area contributed by atoms with E-state index in [9.17, 15) is 4.91 Å². The first-order valence-electron chi connectivity index (χ1n) is 5.63. The Morgan fingerprint density at radius 3 is 2.78 bits per heavy atom. The van der Waals surface area contributed by atoms with E-state index < -0.39 is 0 Å². The third-order valence-corrected chi connectivity index (χ3v) is 2.64. The van der Waals surface area contributed by atoms with Gasteiger partial charge in [0.05, 0.1) is 6.61 Å². The van der Waals surface area contributed by atoms with Crippen LogP contribution in [0.15, 0.2) is 59.9 Å². The van der Waals surface area contributed by atoms with Crippen molar-refractivity contribution in [2.75, 3.05) is 13.8 Å². The zero-order valence-corrected chi connectivity index (χ0v) is 10.2. The molecule has 0 aliphatic carbocycles. The molecule has 0 bridgehead atoms. The molecule has 18 heavy (non-hydrogen) atoms. The Hall–Kier alpha value is -2.14. The van der Waals surface area contributed by atoms with Crippen LogP contribution in [0.3, 0.4) is 0 Å². The number of nitroso groups, excluding NO2 is 1. The van der Waals surface area contributed by atoms with Crippen molar-refractivity contribution in [2.45, 2.75) is 6.61 Å². The van der Waals surface area contributed by atoms with Crippen LogP contribution in [0.4, 0.5) is 0 Å². The quantitative estimate of drug-likeness (QED) is 0.747. The second-order valence-electron chi connectivity index (χ2n) is 3.93. The fourth-order valence-corrected chi connectivity index (χ4v) is 1.69. The van der Waals surface area contributed by atoms with Crippen LogP contribution in [0.25, 0.3) is 0 Å². The topological polar surface area (TPSA) is 45.1 Å². The summed E-state index contributed by atoms with van der Waals surface area (Å²) < 4.78 is 5.59. The van der Waals surface area contributed by atoms with Gasteiger partial charge in [-0.15, -0.1) is 4.91 Å². The summed E-state index contributed by atoms with van der Waals surface area (Å²) in [7, 11) is 1.85. The SMILES string of the molecule is CN1C=CN(COCc2ccccc2)/C1=C/N=O. The molecule has 0 saturated carbocycles. The average molecular weight is 245 g/mol. The molecule has 1 aromatic carbocycles. The van der Waals surface area contributed by atoms with Crippen LogP contribution in [-0.2, 0) is 11.3 Å². The zero-order valence-electron chi connectivity index (χ0n) is 10.2. The lowest BCUT2D eigenvalue weighted by Gasteiger charge is -2.20. The van der Waals surface area contributed by atoms with Crippen molar-refractivity contribution in [3.63, 3.8) is 0 Å². The Kier molecular flexibility index (Phi) is 4.09. The van der Waals surface area contributed by atoms with Gasteiger partial charge in [-0.1, -0.05) is 30.3 Å². The molecule has 1 aliphatic rings. The zero-order chi connectivity index (χ0) is 12.8. The molecule has 5 heteroatoms. The maximum atomic E-state index is 10.3. The molecule has 0 fully saturated rings. The van der Waals surface area contributed by atoms with Crippen LogP contribution in [0.5, 0.6) is 0 Å². The molecular formula is C13H15N3O2. The van der Waals surface area contributed by atoms with Crippen LogP contribution in [0.1, 0.15) is 5.56 Å². The smallest absolute Gasteiger partial charge is 0.136 e. The highest BCUT2D eigenvalue weighted by Gasteiger charge is 2.16. The molecule has 5 nitrogen and oxygen atoms in total. The van der Waals surface area contributed by atoms with Crippen molar-refractivity contribution in [1.29, 1.82) is 0 Å². The largest absolute Gasteiger partial charge is 0.356 e. The first-order chi connectivity index (χ1) is 8.81. The molecular weight excluding hydrogens is 230 g/mol. The Bertz CT molecular complexity index is 457. The van der Waals surface area contributed by atoms with Gasteiger partial charge in [-0.3, -0.25) is 0 Å². The Morgan fingerprint density at radius 2 is 2.06 bits per heavy atom. The minimum atomic E-state index is 0.386. The van der Waals surface area contributed by atoms with Crippen molar-refractivity contribution in [1.82, 2.24) is 9.80 Å². The van der Waals surface area contributed by atoms with E-state index in [1.54, 1.807) is 0 Å². The van der Waals surface area contributed by atoms with Crippen LogP contribution in [0.2, 0.25) is 0 Å². The highest BCUT2D eigenvalue weighted by molar-refractivity contribution is 5.14. The highest BCUT2D eigenvalue weighted by atomic mass is 16.5. The molecule has 2 rings (SSSR count). The second-order valence-corrected chi connectivity index (χ2v) is 3.93. The van der Waals surface area contributed by atoms with Gasteiger partial charge in [0.1, 0.15) is 18.8 Å². The first-order valence-corrected chi connectivity index (χ1v) is 5.63. The summed E-state index contributed by atoms with van der Waals surface area (Å²) in [6, 6.07) is 9.94. The molecule has 0 saturated heterocycles. The molecule has 0 amide bonds. The van der Waals surface area contributed by atoms with E-state index in [1.165, 1.54) is 6.20 Å². The summed E-state index contributed by atoms with van der Waals surface area (Å²) in [5, 5.41) is 2.79. The molecule has 0 unspecified atom stereocenters. The van der Waals surface area contributed by atoms with Crippen LogP contribution < -0.4 is 0 Å². The van der Waals surface area contributed by atoms with Gasteiger partial charge in [0.2, 0.25) is 0 Å². The standard InChI is InChI=1S/C13H15N3O2/c1-15-7-8-16(13(15)9-14-17)11-18-10-12-5-3-2-4-6-12/h2-9H,10-11H2,1H3/b13-9+. The highest BCUT2D eigenvalue weighted by Crippen LogP contribution is 2.17. The monoisotopic (exact) mass is 245 g/mol. The fraction of sp³-hybridized carbons (Fsp3) is 0.231.